The van der Waals surface area contributed by atoms with Crippen molar-refractivity contribution in [3.8, 4) is 0 Å². The second kappa shape index (κ2) is 10.5. The monoisotopic (exact) mass is 574 g/mol. The summed E-state index contributed by atoms with van der Waals surface area (Å²) in [5, 5.41) is 2.90. The molecule has 0 aliphatic rings. The van der Waals surface area contributed by atoms with Gasteiger partial charge in [-0.1, -0.05) is 22.7 Å². The fourth-order valence-electron chi connectivity index (χ4n) is 2.78. The molecule has 20 heteroatoms. The van der Waals surface area contributed by atoms with E-state index in [-0.39, 0.29) is 21.7 Å². The van der Waals surface area contributed by atoms with Crippen LogP contribution in [0.15, 0.2) is 10.8 Å². The van der Waals surface area contributed by atoms with Crippen molar-refractivity contribution >= 4 is 77.6 Å². The van der Waals surface area contributed by atoms with E-state index in [1.54, 1.807) is 0 Å². The van der Waals surface area contributed by atoms with Gasteiger partial charge in [0.1, 0.15) is 16.8 Å². The molecule has 0 saturated carbocycles. The molecule has 2 aromatic rings. The number of anilines is 2. The Labute approximate surface area is 205 Å². The van der Waals surface area contributed by atoms with Crippen molar-refractivity contribution in [2.45, 2.75) is 32.1 Å². The van der Waals surface area contributed by atoms with Crippen LogP contribution in [0.3, 0.4) is 0 Å². The summed E-state index contributed by atoms with van der Waals surface area (Å²) in [6, 6.07) is 0. The molecule has 0 bridgehead atoms. The molecule has 0 fully saturated rings. The van der Waals surface area contributed by atoms with Gasteiger partial charge in [-0.2, -0.15) is 0 Å². The van der Waals surface area contributed by atoms with Crippen molar-refractivity contribution < 1.29 is 62.7 Å². The Morgan fingerprint density at radius 1 is 0.771 bits per heavy atom. The van der Waals surface area contributed by atoms with Crippen LogP contribution >= 0.6 is 22.7 Å². The highest BCUT2D eigenvalue weighted by molar-refractivity contribution is 7.83. The van der Waals surface area contributed by atoms with Gasteiger partial charge in [0.05, 0.1) is 12.8 Å². The van der Waals surface area contributed by atoms with Gasteiger partial charge in [-0.05, 0) is 0 Å². The third-order valence-electron chi connectivity index (χ3n) is 3.88. The van der Waals surface area contributed by atoms with Crippen molar-refractivity contribution in [3.05, 3.63) is 22.1 Å². The normalized spacial score (nSPS) is 11.9. The standard InChI is InChI=1S/C15H16N4O12S4/c1-7(20)28-34(24,25)30-11(22)3-15(9-5-32-13(16)18-9,10-6-33-14(17)19-10)4-12(23)31-35(26,27)29-8(2)21/h5-6H,3-4H2,1-2H3,(H2,16,18)(H2,17,19)/p+2. The fraction of sp³-hybridized carbons (Fsp3) is 0.333. The van der Waals surface area contributed by atoms with Crippen LogP contribution in [0.25, 0.3) is 0 Å². The van der Waals surface area contributed by atoms with Gasteiger partial charge in [-0.25, -0.2) is 9.97 Å². The summed E-state index contributed by atoms with van der Waals surface area (Å²) in [5.41, 5.74) is 9.58. The molecule has 16 nitrogen and oxygen atoms in total. The second-order valence-electron chi connectivity index (χ2n) is 6.59. The number of aromatic amines is 2. The van der Waals surface area contributed by atoms with Crippen molar-refractivity contribution in [2.24, 2.45) is 0 Å². The van der Waals surface area contributed by atoms with E-state index in [1.165, 1.54) is 10.8 Å². The van der Waals surface area contributed by atoms with Gasteiger partial charge in [0.15, 0.2) is 0 Å². The first-order valence-corrected chi connectivity index (χ1v) is 13.3. The Morgan fingerprint density at radius 2 is 1.11 bits per heavy atom. The fourth-order valence-corrected chi connectivity index (χ4v) is 5.39. The summed E-state index contributed by atoms with van der Waals surface area (Å²) in [4.78, 5) is 52.5. The Hall–Kier alpha value is -3.36. The number of rotatable bonds is 10. The van der Waals surface area contributed by atoms with Crippen molar-refractivity contribution in [1.29, 1.82) is 0 Å². The van der Waals surface area contributed by atoms with E-state index in [1.807, 2.05) is 0 Å². The van der Waals surface area contributed by atoms with E-state index in [2.05, 4.69) is 26.7 Å². The number of thiazole rings is 2. The molecule has 0 aliphatic heterocycles. The van der Waals surface area contributed by atoms with Crippen molar-refractivity contribution in [3.63, 3.8) is 0 Å². The maximum Gasteiger partial charge on any atom is 0.506 e. The quantitative estimate of drug-likeness (QED) is 0.323. The molecule has 0 aromatic carbocycles. The smallest absolute Gasteiger partial charge is 0.316 e. The summed E-state index contributed by atoms with van der Waals surface area (Å²) in [6.07, 6.45) is -1.93. The summed E-state index contributed by atoms with van der Waals surface area (Å²) in [7, 11) is -10.2. The number of hydrogen-bond donors (Lipinski definition) is 2. The van der Waals surface area contributed by atoms with Crippen molar-refractivity contribution in [2.75, 3.05) is 11.5 Å². The van der Waals surface area contributed by atoms with Crippen LogP contribution in [0.2, 0.25) is 0 Å². The van der Waals surface area contributed by atoms with E-state index >= 15 is 0 Å². The predicted octanol–water partition coefficient (Wildman–Crippen LogP) is -1.63. The minimum absolute atomic E-state index is 0.0257. The van der Waals surface area contributed by atoms with Crippen LogP contribution in [-0.4, -0.2) is 40.7 Å². The Bertz CT molecular complexity index is 1260. The number of carbonyl (C=O) groups excluding carboxylic acids is 4. The summed E-state index contributed by atoms with van der Waals surface area (Å²) >= 11 is 1.86. The van der Waals surface area contributed by atoms with E-state index in [9.17, 15) is 36.0 Å². The third-order valence-corrected chi connectivity index (χ3v) is 6.95. The number of nitrogens with two attached hydrogens (primary N) is 2. The molecule has 0 spiro atoms. The number of nitrogens with one attached hydrogen (secondary N) is 2. The Balaban J connectivity index is 2.54. The number of aromatic nitrogens is 2. The van der Waals surface area contributed by atoms with Gasteiger partial charge >= 0.3 is 54.9 Å². The van der Waals surface area contributed by atoms with E-state index < -0.39 is 62.9 Å². The van der Waals surface area contributed by atoms with E-state index in [4.69, 9.17) is 11.5 Å². The molecule has 0 saturated heterocycles. The van der Waals surface area contributed by atoms with Crippen LogP contribution in [0.4, 0.5) is 10.3 Å². The zero-order valence-electron chi connectivity index (χ0n) is 17.8. The first kappa shape index (κ1) is 27.9. The first-order chi connectivity index (χ1) is 16.0. The highest BCUT2D eigenvalue weighted by Gasteiger charge is 2.49. The molecule has 0 radical (unpaired) electrons. The van der Waals surface area contributed by atoms with Crippen LogP contribution in [0.5, 0.6) is 0 Å². The molecule has 0 atom stereocenters. The van der Waals surface area contributed by atoms with Gasteiger partial charge in [0, 0.05) is 24.6 Å². The van der Waals surface area contributed by atoms with Gasteiger partial charge in [-0.15, -0.1) is 16.8 Å². The highest BCUT2D eigenvalue weighted by Crippen LogP contribution is 2.39. The first-order valence-electron chi connectivity index (χ1n) is 8.91. The van der Waals surface area contributed by atoms with E-state index in [0.717, 1.165) is 36.5 Å². The van der Waals surface area contributed by atoms with Gasteiger partial charge in [0.2, 0.25) is 0 Å². The minimum Gasteiger partial charge on any atom is -0.316 e. The Kier molecular flexibility index (Phi) is 8.36. The minimum atomic E-state index is -5.11. The maximum atomic E-state index is 12.6. The lowest BCUT2D eigenvalue weighted by atomic mass is 9.76. The third kappa shape index (κ3) is 7.83. The van der Waals surface area contributed by atoms with E-state index in [0.29, 0.717) is 0 Å². The summed E-state index contributed by atoms with van der Waals surface area (Å²) in [6.45, 7) is 1.50. The molecule has 192 valence electrons. The van der Waals surface area contributed by atoms with Gasteiger partial charge in [-0.3, -0.25) is 30.6 Å². The number of nitrogen functional groups attached to an aromatic ring is 2. The number of carbonyl (C=O) groups is 4. The van der Waals surface area contributed by atoms with Gasteiger partial charge < -0.3 is 16.7 Å². The SMILES string of the molecule is CC(=O)OS(=O)(=O)OC(=O)CC(CC(=O)OS(=O)(=O)OC(C)=O)(c1csc(N)[nH+]1)c1csc(N)[nH+]1. The molecule has 2 rings (SSSR count). The van der Waals surface area contributed by atoms with Crippen LogP contribution in [0, 0.1) is 0 Å². The van der Waals surface area contributed by atoms with Crippen LogP contribution in [-0.2, 0) is 62.1 Å². The highest BCUT2D eigenvalue weighted by atomic mass is 32.3. The number of hydrogen-bond acceptors (Lipinski definition) is 16. The van der Waals surface area contributed by atoms with Gasteiger partial charge in [0.25, 0.3) is 0 Å². The zero-order chi connectivity index (χ0) is 26.6. The molecule has 0 unspecified atom stereocenters. The average Bonchev–Trinajstić information content (AvgIpc) is 3.26. The molecule has 0 amide bonds. The average molecular weight is 575 g/mol. The number of H-pyrrole nitrogens is 2. The molecule has 2 aromatic heterocycles. The molecule has 35 heavy (non-hydrogen) atoms. The molecular formula is C15H18N4O12S4+2. The maximum absolute atomic E-state index is 12.6. The summed E-state index contributed by atoms with van der Waals surface area (Å²) in [5.74, 6) is -5.61. The topological polar surface area (TPSA) is 254 Å². The summed E-state index contributed by atoms with van der Waals surface area (Å²) < 4.78 is 63.5. The molecule has 6 N–H and O–H groups in total. The van der Waals surface area contributed by atoms with Crippen LogP contribution < -0.4 is 21.4 Å². The Morgan fingerprint density at radius 3 is 1.37 bits per heavy atom. The zero-order valence-corrected chi connectivity index (χ0v) is 21.0. The largest absolute Gasteiger partial charge is 0.506 e. The molecular weight excluding hydrogens is 556 g/mol. The lowest BCUT2D eigenvalue weighted by molar-refractivity contribution is -0.398. The molecule has 0 aliphatic carbocycles. The molecule has 2 heterocycles. The lowest BCUT2D eigenvalue weighted by Crippen LogP contribution is -2.42. The predicted molar refractivity (Wildman–Crippen MR) is 114 cm³/mol. The van der Waals surface area contributed by atoms with Crippen LogP contribution in [0.1, 0.15) is 38.1 Å². The lowest BCUT2D eigenvalue weighted by Gasteiger charge is -2.25. The van der Waals surface area contributed by atoms with Crippen molar-refractivity contribution in [1.82, 2.24) is 0 Å². The second-order valence-corrected chi connectivity index (χ2v) is 10.7.